The third-order valence-electron chi connectivity index (χ3n) is 4.64. The molecule has 0 aromatic carbocycles. The highest BCUT2D eigenvalue weighted by Gasteiger charge is 2.39. The van der Waals surface area contributed by atoms with E-state index in [-0.39, 0.29) is 6.10 Å². The van der Waals surface area contributed by atoms with Crippen LogP contribution in [0.1, 0.15) is 25.7 Å². The van der Waals surface area contributed by atoms with Gasteiger partial charge < -0.3 is 9.84 Å². The number of nitrogens with zero attached hydrogens (tertiary/aromatic N) is 2. The van der Waals surface area contributed by atoms with E-state index >= 15 is 0 Å². The second-order valence-electron chi connectivity index (χ2n) is 5.68. The van der Waals surface area contributed by atoms with Crippen LogP contribution in [0.4, 0.5) is 0 Å². The first-order valence-electron chi connectivity index (χ1n) is 7.08. The van der Waals surface area contributed by atoms with E-state index in [9.17, 15) is 5.11 Å². The van der Waals surface area contributed by atoms with E-state index in [4.69, 9.17) is 4.74 Å². The van der Waals surface area contributed by atoms with E-state index in [1.807, 2.05) is 0 Å². The van der Waals surface area contributed by atoms with Crippen molar-refractivity contribution < 1.29 is 9.84 Å². The molecule has 1 aliphatic carbocycles. The van der Waals surface area contributed by atoms with Crippen molar-refractivity contribution in [2.45, 2.75) is 43.9 Å². The summed E-state index contributed by atoms with van der Waals surface area (Å²) in [6.45, 7) is 5.57. The number of hydrogen-bond acceptors (Lipinski definition) is 4. The van der Waals surface area contributed by atoms with Gasteiger partial charge in [-0.1, -0.05) is 12.8 Å². The van der Waals surface area contributed by atoms with E-state index in [0.717, 1.165) is 45.4 Å². The van der Waals surface area contributed by atoms with Crippen LogP contribution >= 0.6 is 0 Å². The zero-order valence-corrected chi connectivity index (χ0v) is 10.6. The summed E-state index contributed by atoms with van der Waals surface area (Å²) in [6, 6.07) is 1.09. The van der Waals surface area contributed by atoms with Crippen LogP contribution in [0, 0.1) is 0 Å². The lowest BCUT2D eigenvalue weighted by Crippen LogP contribution is -2.49. The number of β-amino-alcohol motifs (C(OH)–C–C–N with tert-alkyl or cyclic N) is 1. The lowest BCUT2D eigenvalue weighted by Gasteiger charge is -2.33. The van der Waals surface area contributed by atoms with Crippen molar-refractivity contribution in [1.82, 2.24) is 9.80 Å². The first-order valence-corrected chi connectivity index (χ1v) is 7.08. The molecule has 0 bridgehead atoms. The van der Waals surface area contributed by atoms with Gasteiger partial charge in [-0.15, -0.1) is 0 Å². The van der Waals surface area contributed by atoms with Gasteiger partial charge in [0.25, 0.3) is 0 Å². The average molecular weight is 240 g/mol. The molecule has 98 valence electrons. The Morgan fingerprint density at radius 3 is 2.35 bits per heavy atom. The van der Waals surface area contributed by atoms with Crippen LogP contribution in [0.3, 0.4) is 0 Å². The molecule has 0 aromatic rings. The van der Waals surface area contributed by atoms with Crippen molar-refractivity contribution >= 4 is 0 Å². The molecule has 0 unspecified atom stereocenters. The predicted octanol–water partition coefficient (Wildman–Crippen LogP) is 0.306. The fourth-order valence-electron chi connectivity index (χ4n) is 3.63. The summed E-state index contributed by atoms with van der Waals surface area (Å²) in [5, 5.41) is 10.2. The van der Waals surface area contributed by atoms with Gasteiger partial charge in [0.15, 0.2) is 0 Å². The summed E-state index contributed by atoms with van der Waals surface area (Å²) >= 11 is 0. The molecule has 3 aliphatic rings. The molecule has 0 aromatic heterocycles. The third-order valence-corrected chi connectivity index (χ3v) is 4.64. The molecule has 1 N–H and O–H groups in total. The predicted molar refractivity (Wildman–Crippen MR) is 66.0 cm³/mol. The van der Waals surface area contributed by atoms with Crippen LogP contribution in [0.2, 0.25) is 0 Å². The molecule has 0 radical (unpaired) electrons. The molecule has 0 spiro atoms. The van der Waals surface area contributed by atoms with E-state index in [2.05, 4.69) is 9.80 Å². The Hall–Kier alpha value is -0.160. The van der Waals surface area contributed by atoms with Crippen LogP contribution in [-0.4, -0.2) is 72.5 Å². The quantitative estimate of drug-likeness (QED) is 0.753. The largest absolute Gasteiger partial charge is 0.390 e. The molecule has 3 rings (SSSR count). The third kappa shape index (κ3) is 2.50. The van der Waals surface area contributed by atoms with Crippen molar-refractivity contribution in [3.63, 3.8) is 0 Å². The summed E-state index contributed by atoms with van der Waals surface area (Å²) in [6.07, 6.45) is 5.26. The normalized spacial score (nSPS) is 37.9. The topological polar surface area (TPSA) is 35.9 Å². The molecule has 17 heavy (non-hydrogen) atoms. The Morgan fingerprint density at radius 2 is 1.65 bits per heavy atom. The highest BCUT2D eigenvalue weighted by Crippen LogP contribution is 2.28. The molecule has 4 heteroatoms. The number of rotatable bonds is 2. The monoisotopic (exact) mass is 240 g/mol. The minimum absolute atomic E-state index is 0.159. The molecule has 2 atom stereocenters. The van der Waals surface area contributed by atoms with E-state index in [0.29, 0.717) is 6.04 Å². The SMILES string of the molecule is O[C@H]1CN(C2CCCC2)C[C@@H]1N1CCOCC1. The van der Waals surface area contributed by atoms with Gasteiger partial charge >= 0.3 is 0 Å². The number of likely N-dealkylation sites (tertiary alicyclic amines) is 1. The van der Waals surface area contributed by atoms with Gasteiger partial charge in [0.1, 0.15) is 0 Å². The Morgan fingerprint density at radius 1 is 0.941 bits per heavy atom. The second kappa shape index (κ2) is 5.22. The number of ether oxygens (including phenoxy) is 1. The van der Waals surface area contributed by atoms with Gasteiger partial charge in [0, 0.05) is 38.3 Å². The van der Waals surface area contributed by atoms with Gasteiger partial charge in [-0.25, -0.2) is 0 Å². The molecule has 2 saturated heterocycles. The fraction of sp³-hybridized carbons (Fsp3) is 1.00. The molecule has 3 fully saturated rings. The maximum atomic E-state index is 10.2. The lowest BCUT2D eigenvalue weighted by atomic mass is 10.1. The van der Waals surface area contributed by atoms with Crippen molar-refractivity contribution in [2.24, 2.45) is 0 Å². The summed E-state index contributed by atoms with van der Waals surface area (Å²) in [4.78, 5) is 4.95. The van der Waals surface area contributed by atoms with Crippen molar-refractivity contribution in [3.05, 3.63) is 0 Å². The van der Waals surface area contributed by atoms with Crippen molar-refractivity contribution in [3.8, 4) is 0 Å². The van der Waals surface area contributed by atoms with Gasteiger partial charge in [0.2, 0.25) is 0 Å². The van der Waals surface area contributed by atoms with Crippen LogP contribution in [0.5, 0.6) is 0 Å². The Bertz CT molecular complexity index is 250. The Labute approximate surface area is 104 Å². The molecular weight excluding hydrogens is 216 g/mol. The zero-order valence-electron chi connectivity index (χ0n) is 10.6. The van der Waals surface area contributed by atoms with Crippen LogP contribution in [0.25, 0.3) is 0 Å². The van der Waals surface area contributed by atoms with E-state index in [1.54, 1.807) is 0 Å². The van der Waals surface area contributed by atoms with Gasteiger partial charge in [0.05, 0.1) is 19.3 Å². The zero-order chi connectivity index (χ0) is 11.7. The smallest absolute Gasteiger partial charge is 0.0834 e. The lowest BCUT2D eigenvalue weighted by molar-refractivity contribution is -0.00625. The summed E-state index contributed by atoms with van der Waals surface area (Å²) in [5.74, 6) is 0. The first-order chi connectivity index (χ1) is 8.34. The maximum absolute atomic E-state index is 10.2. The van der Waals surface area contributed by atoms with Gasteiger partial charge in [-0.05, 0) is 12.8 Å². The number of hydrogen-bond donors (Lipinski definition) is 1. The first kappa shape index (κ1) is 11.9. The molecule has 0 amide bonds. The van der Waals surface area contributed by atoms with E-state index in [1.165, 1.54) is 25.7 Å². The van der Waals surface area contributed by atoms with Crippen LogP contribution in [0.15, 0.2) is 0 Å². The second-order valence-corrected chi connectivity index (χ2v) is 5.68. The number of aliphatic hydroxyl groups excluding tert-OH is 1. The highest BCUT2D eigenvalue weighted by atomic mass is 16.5. The van der Waals surface area contributed by atoms with Crippen LogP contribution < -0.4 is 0 Å². The molecule has 2 heterocycles. The molecular formula is C13H24N2O2. The van der Waals surface area contributed by atoms with Crippen molar-refractivity contribution in [1.29, 1.82) is 0 Å². The molecule has 4 nitrogen and oxygen atoms in total. The highest BCUT2D eigenvalue weighted by molar-refractivity contribution is 4.95. The van der Waals surface area contributed by atoms with Crippen molar-refractivity contribution in [2.75, 3.05) is 39.4 Å². The van der Waals surface area contributed by atoms with Crippen LogP contribution in [-0.2, 0) is 4.74 Å². The van der Waals surface area contributed by atoms with Gasteiger partial charge in [-0.3, -0.25) is 9.80 Å². The summed E-state index contributed by atoms with van der Waals surface area (Å²) in [5.41, 5.74) is 0. The average Bonchev–Trinajstić information content (AvgIpc) is 2.99. The number of morpholine rings is 1. The minimum atomic E-state index is -0.159. The fourth-order valence-corrected chi connectivity index (χ4v) is 3.63. The molecule has 2 aliphatic heterocycles. The molecule has 1 saturated carbocycles. The van der Waals surface area contributed by atoms with E-state index < -0.39 is 0 Å². The summed E-state index contributed by atoms with van der Waals surface area (Å²) < 4.78 is 5.38. The Balaban J connectivity index is 1.58. The van der Waals surface area contributed by atoms with Gasteiger partial charge in [-0.2, -0.15) is 0 Å². The Kier molecular flexibility index (Phi) is 3.66. The number of aliphatic hydroxyl groups is 1. The standard InChI is InChI=1S/C13H24N2O2/c16-13-10-15(11-3-1-2-4-11)9-12(13)14-5-7-17-8-6-14/h11-13,16H,1-10H2/t12-,13-/m0/s1. The maximum Gasteiger partial charge on any atom is 0.0834 e. The summed E-state index contributed by atoms with van der Waals surface area (Å²) in [7, 11) is 0. The minimum Gasteiger partial charge on any atom is -0.390 e.